The number of hydrogen-bond acceptors (Lipinski definition) is 2. The number of benzene rings is 1. The van der Waals surface area contributed by atoms with Gasteiger partial charge in [-0.15, -0.1) is 0 Å². The molecule has 20 heavy (non-hydrogen) atoms. The van der Waals surface area contributed by atoms with Crippen molar-refractivity contribution in [2.45, 2.75) is 25.7 Å². The van der Waals surface area contributed by atoms with Crippen LogP contribution in [0.1, 0.15) is 29.9 Å². The molecule has 0 spiro atoms. The highest BCUT2D eigenvalue weighted by molar-refractivity contribution is 9.10. The summed E-state index contributed by atoms with van der Waals surface area (Å²) in [5.74, 6) is 0.417. The first-order valence-electron chi connectivity index (χ1n) is 5.97. The van der Waals surface area contributed by atoms with Crippen molar-refractivity contribution in [2.24, 2.45) is 5.73 Å². The van der Waals surface area contributed by atoms with Gasteiger partial charge in [-0.2, -0.15) is 13.2 Å². The quantitative estimate of drug-likeness (QED) is 0.919. The third-order valence-electron chi connectivity index (χ3n) is 3.02. The average molecular weight is 348 g/mol. The van der Waals surface area contributed by atoms with Crippen LogP contribution < -0.4 is 5.73 Å². The van der Waals surface area contributed by atoms with E-state index in [1.54, 1.807) is 16.8 Å². The molecule has 0 aliphatic carbocycles. The number of imidazole rings is 1. The van der Waals surface area contributed by atoms with Crippen molar-refractivity contribution in [3.05, 3.63) is 52.0 Å². The fourth-order valence-corrected chi connectivity index (χ4v) is 2.41. The largest absolute Gasteiger partial charge is 0.416 e. The molecule has 0 bridgehead atoms. The van der Waals surface area contributed by atoms with Gasteiger partial charge in [-0.3, -0.25) is 0 Å². The van der Waals surface area contributed by atoms with Crippen LogP contribution in [0.4, 0.5) is 13.2 Å². The second kappa shape index (κ2) is 5.57. The average Bonchev–Trinajstić information content (AvgIpc) is 2.85. The van der Waals surface area contributed by atoms with E-state index in [2.05, 4.69) is 20.9 Å². The summed E-state index contributed by atoms with van der Waals surface area (Å²) >= 11 is 3.05. The molecule has 1 unspecified atom stereocenters. The van der Waals surface area contributed by atoms with Gasteiger partial charge in [0.05, 0.1) is 11.6 Å². The maximum absolute atomic E-state index is 13.1. The van der Waals surface area contributed by atoms with Gasteiger partial charge in [0.25, 0.3) is 0 Å². The lowest BCUT2D eigenvalue weighted by Crippen LogP contribution is -2.21. The Labute approximate surface area is 122 Å². The van der Waals surface area contributed by atoms with Crippen molar-refractivity contribution in [3.8, 4) is 0 Å². The van der Waals surface area contributed by atoms with Crippen LogP contribution in [0.15, 0.2) is 35.1 Å². The molecule has 0 saturated carbocycles. The Morgan fingerprint density at radius 1 is 1.40 bits per heavy atom. The number of aryl methyl sites for hydroxylation is 1. The Balaban J connectivity index is 2.52. The van der Waals surface area contributed by atoms with E-state index in [-0.39, 0.29) is 5.56 Å². The van der Waals surface area contributed by atoms with Crippen molar-refractivity contribution < 1.29 is 13.2 Å². The summed E-state index contributed by atoms with van der Waals surface area (Å²) in [7, 11) is 0. The third kappa shape index (κ3) is 2.88. The maximum atomic E-state index is 13.1. The van der Waals surface area contributed by atoms with Crippen LogP contribution in [0.5, 0.6) is 0 Å². The van der Waals surface area contributed by atoms with Crippen molar-refractivity contribution >= 4 is 15.9 Å². The summed E-state index contributed by atoms with van der Waals surface area (Å²) in [4.78, 5) is 4.07. The van der Waals surface area contributed by atoms with Crippen LogP contribution in [0.25, 0.3) is 0 Å². The fraction of sp³-hybridized carbons (Fsp3) is 0.308. The molecule has 1 heterocycles. The molecular formula is C13H13BrF3N3. The van der Waals surface area contributed by atoms with Gasteiger partial charge in [0.1, 0.15) is 5.82 Å². The van der Waals surface area contributed by atoms with E-state index < -0.39 is 17.8 Å². The molecule has 0 aliphatic heterocycles. The highest BCUT2D eigenvalue weighted by atomic mass is 79.9. The Morgan fingerprint density at radius 3 is 2.70 bits per heavy atom. The van der Waals surface area contributed by atoms with Gasteiger partial charge in [0, 0.05) is 23.4 Å². The molecule has 108 valence electrons. The first-order chi connectivity index (χ1) is 9.34. The van der Waals surface area contributed by atoms with Crippen molar-refractivity contribution in [1.82, 2.24) is 9.55 Å². The third-order valence-corrected chi connectivity index (χ3v) is 3.52. The summed E-state index contributed by atoms with van der Waals surface area (Å²) in [6.07, 6.45) is -1.23. The molecule has 0 fully saturated rings. The molecule has 1 atom stereocenters. The minimum atomic E-state index is -4.46. The topological polar surface area (TPSA) is 43.8 Å². The molecular weight excluding hydrogens is 335 g/mol. The van der Waals surface area contributed by atoms with Gasteiger partial charge in [-0.25, -0.2) is 4.98 Å². The Kier molecular flexibility index (Phi) is 4.19. The van der Waals surface area contributed by atoms with Crippen LogP contribution in [0.3, 0.4) is 0 Å². The zero-order valence-electron chi connectivity index (χ0n) is 10.7. The Morgan fingerprint density at radius 2 is 2.10 bits per heavy atom. The molecule has 0 amide bonds. The summed E-state index contributed by atoms with van der Waals surface area (Å²) in [5, 5.41) is 0. The summed E-state index contributed by atoms with van der Waals surface area (Å²) in [6, 6.07) is 3.04. The lowest BCUT2D eigenvalue weighted by Gasteiger charge is -2.19. The van der Waals surface area contributed by atoms with Gasteiger partial charge in [0.15, 0.2) is 0 Å². The highest BCUT2D eigenvalue weighted by Crippen LogP contribution is 2.37. The number of aromatic nitrogens is 2. The van der Waals surface area contributed by atoms with Gasteiger partial charge in [-0.1, -0.05) is 22.0 Å². The summed E-state index contributed by atoms with van der Waals surface area (Å²) in [5.41, 5.74) is 5.26. The zero-order chi connectivity index (χ0) is 14.9. The van der Waals surface area contributed by atoms with Crippen LogP contribution in [0, 0.1) is 0 Å². The molecule has 1 aromatic carbocycles. The van der Waals surface area contributed by atoms with E-state index in [1.807, 2.05) is 6.92 Å². The van der Waals surface area contributed by atoms with Gasteiger partial charge in [-0.05, 0) is 24.6 Å². The number of hydrogen-bond donors (Lipinski definition) is 1. The number of halogens is 4. The van der Waals surface area contributed by atoms with E-state index in [1.165, 1.54) is 12.3 Å². The standard InChI is InChI=1S/C13H13BrF3N3/c1-2-20-6-5-19-12(20)11(18)9-4-3-8(14)7-10(9)13(15,16)17/h3-7,11H,2,18H2,1H3. The Bertz CT molecular complexity index is 607. The van der Waals surface area contributed by atoms with E-state index in [0.717, 1.165) is 6.07 Å². The van der Waals surface area contributed by atoms with E-state index >= 15 is 0 Å². The number of rotatable bonds is 3. The predicted molar refractivity (Wildman–Crippen MR) is 73.1 cm³/mol. The molecule has 2 aromatic rings. The molecule has 3 nitrogen and oxygen atoms in total. The van der Waals surface area contributed by atoms with Crippen LogP contribution in [0.2, 0.25) is 0 Å². The summed E-state index contributed by atoms with van der Waals surface area (Å²) < 4.78 is 41.4. The van der Waals surface area contributed by atoms with Gasteiger partial charge in [0.2, 0.25) is 0 Å². The van der Waals surface area contributed by atoms with Crippen molar-refractivity contribution in [1.29, 1.82) is 0 Å². The molecule has 2 rings (SSSR count). The first kappa shape index (κ1) is 15.1. The van der Waals surface area contributed by atoms with E-state index in [9.17, 15) is 13.2 Å². The number of nitrogens with two attached hydrogens (primary N) is 1. The molecule has 0 radical (unpaired) electrons. The zero-order valence-corrected chi connectivity index (χ0v) is 12.2. The van der Waals surface area contributed by atoms with Crippen LogP contribution in [-0.2, 0) is 12.7 Å². The lowest BCUT2D eigenvalue weighted by atomic mass is 10.00. The molecule has 0 aliphatic rings. The SMILES string of the molecule is CCn1ccnc1C(N)c1ccc(Br)cc1C(F)(F)F. The monoisotopic (exact) mass is 347 g/mol. The molecule has 2 N–H and O–H groups in total. The predicted octanol–water partition coefficient (Wildman–Crippen LogP) is 3.73. The summed E-state index contributed by atoms with van der Waals surface area (Å²) in [6.45, 7) is 2.48. The highest BCUT2D eigenvalue weighted by Gasteiger charge is 2.35. The fourth-order valence-electron chi connectivity index (χ4n) is 2.05. The van der Waals surface area contributed by atoms with Crippen molar-refractivity contribution in [3.63, 3.8) is 0 Å². The molecule has 1 aromatic heterocycles. The molecule has 7 heteroatoms. The van der Waals surface area contributed by atoms with Crippen LogP contribution >= 0.6 is 15.9 Å². The van der Waals surface area contributed by atoms with Gasteiger partial charge >= 0.3 is 6.18 Å². The minimum Gasteiger partial charge on any atom is -0.334 e. The Hall–Kier alpha value is -1.34. The smallest absolute Gasteiger partial charge is 0.334 e. The second-order valence-corrected chi connectivity index (χ2v) is 5.19. The van der Waals surface area contributed by atoms with Crippen molar-refractivity contribution in [2.75, 3.05) is 0 Å². The lowest BCUT2D eigenvalue weighted by molar-refractivity contribution is -0.138. The maximum Gasteiger partial charge on any atom is 0.416 e. The van der Waals surface area contributed by atoms with E-state index in [0.29, 0.717) is 16.8 Å². The van der Waals surface area contributed by atoms with Gasteiger partial charge < -0.3 is 10.3 Å². The van der Waals surface area contributed by atoms with E-state index in [4.69, 9.17) is 5.73 Å². The van der Waals surface area contributed by atoms with Crippen LogP contribution in [-0.4, -0.2) is 9.55 Å². The molecule has 0 saturated heterocycles. The minimum absolute atomic E-state index is 0.0154. The first-order valence-corrected chi connectivity index (χ1v) is 6.77. The number of alkyl halides is 3. The second-order valence-electron chi connectivity index (χ2n) is 4.28. The normalized spacial score (nSPS) is 13.5. The number of nitrogens with zero attached hydrogens (tertiary/aromatic N) is 2.